The fourth-order valence-corrected chi connectivity index (χ4v) is 2.31. The summed E-state index contributed by atoms with van der Waals surface area (Å²) in [5.74, 6) is 1.07. The van der Waals surface area contributed by atoms with Crippen LogP contribution in [0.5, 0.6) is 0 Å². The molecule has 2 aromatic heterocycles. The van der Waals surface area contributed by atoms with Gasteiger partial charge in [0.2, 0.25) is 0 Å². The molecule has 0 bridgehead atoms. The normalized spacial score (nSPS) is 10.7. The van der Waals surface area contributed by atoms with Crippen molar-refractivity contribution < 1.29 is 0 Å². The zero-order valence-electron chi connectivity index (χ0n) is 10.7. The van der Waals surface area contributed by atoms with Crippen molar-refractivity contribution >= 4 is 10.9 Å². The number of hydrogen-bond donors (Lipinski definition) is 0. The molecule has 0 aliphatic rings. The lowest BCUT2D eigenvalue weighted by molar-refractivity contribution is 0.668. The first kappa shape index (κ1) is 11.5. The Morgan fingerprint density at radius 1 is 1.26 bits per heavy atom. The number of rotatable bonds is 3. The maximum Gasteiger partial charge on any atom is 0.110 e. The summed E-state index contributed by atoms with van der Waals surface area (Å²) in [6, 6.07) is 10.0. The van der Waals surface area contributed by atoms with Gasteiger partial charge >= 0.3 is 0 Å². The van der Waals surface area contributed by atoms with Crippen molar-refractivity contribution in [3.8, 4) is 6.07 Å². The highest BCUT2D eigenvalue weighted by Gasteiger charge is 2.04. The lowest BCUT2D eigenvalue weighted by Gasteiger charge is -2.06. The minimum Gasteiger partial charge on any atom is -0.347 e. The summed E-state index contributed by atoms with van der Waals surface area (Å²) in [6.07, 6.45) is 6.71. The molecule has 0 saturated heterocycles. The van der Waals surface area contributed by atoms with Crippen LogP contribution in [-0.2, 0) is 20.0 Å². The smallest absolute Gasteiger partial charge is 0.110 e. The van der Waals surface area contributed by atoms with Crippen LogP contribution in [0.4, 0.5) is 0 Å². The topological polar surface area (TPSA) is 46.5 Å². The predicted octanol–water partition coefficient (Wildman–Crippen LogP) is 2.49. The minimum absolute atomic E-state index is 0.699. The number of nitrogens with zero attached hydrogens (tertiary/aromatic N) is 4. The van der Waals surface area contributed by atoms with Crippen molar-refractivity contribution in [2.45, 2.75) is 13.0 Å². The molecule has 0 radical (unpaired) electrons. The fourth-order valence-electron chi connectivity index (χ4n) is 2.31. The molecule has 3 rings (SSSR count). The maximum atomic E-state index is 8.97. The summed E-state index contributed by atoms with van der Waals surface area (Å²) in [7, 11) is 2.00. The van der Waals surface area contributed by atoms with Crippen LogP contribution in [0.2, 0.25) is 0 Å². The summed E-state index contributed by atoms with van der Waals surface area (Å²) in [5, 5.41) is 10.1. The summed E-state index contributed by atoms with van der Waals surface area (Å²) < 4.78 is 4.21. The number of nitriles is 1. The van der Waals surface area contributed by atoms with Crippen molar-refractivity contribution in [3.63, 3.8) is 0 Å². The third-order valence-electron chi connectivity index (χ3n) is 3.40. The van der Waals surface area contributed by atoms with E-state index in [1.807, 2.05) is 42.2 Å². The first-order valence-electron chi connectivity index (χ1n) is 6.23. The molecule has 1 aromatic carbocycles. The molecule has 0 unspecified atom stereocenters. The van der Waals surface area contributed by atoms with Gasteiger partial charge in [-0.25, -0.2) is 4.98 Å². The van der Waals surface area contributed by atoms with Gasteiger partial charge in [-0.3, -0.25) is 0 Å². The van der Waals surface area contributed by atoms with Gasteiger partial charge in [0.25, 0.3) is 0 Å². The average molecular weight is 250 g/mol. The molecular weight excluding hydrogens is 236 g/mol. The Kier molecular flexibility index (Phi) is 2.81. The van der Waals surface area contributed by atoms with Gasteiger partial charge < -0.3 is 9.13 Å². The number of aryl methyl sites for hydroxylation is 3. The Balaban J connectivity index is 1.89. The van der Waals surface area contributed by atoms with Gasteiger partial charge in [-0.1, -0.05) is 6.07 Å². The first-order chi connectivity index (χ1) is 9.28. The highest BCUT2D eigenvalue weighted by Crippen LogP contribution is 2.17. The van der Waals surface area contributed by atoms with E-state index in [2.05, 4.69) is 27.9 Å². The molecule has 19 heavy (non-hydrogen) atoms. The average Bonchev–Trinajstić information content (AvgIpc) is 3.02. The van der Waals surface area contributed by atoms with Gasteiger partial charge in [0.1, 0.15) is 5.82 Å². The van der Waals surface area contributed by atoms with E-state index < -0.39 is 0 Å². The second-order valence-corrected chi connectivity index (χ2v) is 4.60. The van der Waals surface area contributed by atoms with Crippen LogP contribution in [0.25, 0.3) is 10.9 Å². The monoisotopic (exact) mass is 250 g/mol. The Morgan fingerprint density at radius 3 is 2.89 bits per heavy atom. The van der Waals surface area contributed by atoms with Crippen LogP contribution >= 0.6 is 0 Å². The van der Waals surface area contributed by atoms with Crippen molar-refractivity contribution in [2.75, 3.05) is 0 Å². The van der Waals surface area contributed by atoms with Crippen LogP contribution in [-0.4, -0.2) is 14.1 Å². The fraction of sp³-hybridized carbons (Fsp3) is 0.200. The molecule has 0 N–H and O–H groups in total. The van der Waals surface area contributed by atoms with Crippen molar-refractivity contribution in [1.29, 1.82) is 5.26 Å². The molecule has 0 spiro atoms. The Bertz CT molecular complexity index is 758. The zero-order valence-corrected chi connectivity index (χ0v) is 10.7. The maximum absolute atomic E-state index is 8.97. The Labute approximate surface area is 111 Å². The van der Waals surface area contributed by atoms with E-state index >= 15 is 0 Å². The molecule has 0 amide bonds. The van der Waals surface area contributed by atoms with Gasteiger partial charge in [0.05, 0.1) is 11.6 Å². The van der Waals surface area contributed by atoms with Gasteiger partial charge in [0.15, 0.2) is 0 Å². The third-order valence-corrected chi connectivity index (χ3v) is 3.40. The quantitative estimate of drug-likeness (QED) is 0.717. The molecule has 0 saturated carbocycles. The SMILES string of the molecule is Cn1ccnc1CCn1ccc2ccc(C#N)cc21. The second-order valence-electron chi connectivity index (χ2n) is 4.60. The minimum atomic E-state index is 0.699. The largest absolute Gasteiger partial charge is 0.347 e. The van der Waals surface area contributed by atoms with Crippen LogP contribution in [0.1, 0.15) is 11.4 Å². The second kappa shape index (κ2) is 4.62. The molecule has 94 valence electrons. The van der Waals surface area contributed by atoms with E-state index in [9.17, 15) is 0 Å². The zero-order chi connectivity index (χ0) is 13.2. The van der Waals surface area contributed by atoms with E-state index in [0.29, 0.717) is 5.56 Å². The molecule has 0 atom stereocenters. The molecule has 0 aliphatic heterocycles. The molecular formula is C15H14N4. The van der Waals surface area contributed by atoms with Gasteiger partial charge in [0, 0.05) is 44.1 Å². The predicted molar refractivity (Wildman–Crippen MR) is 73.6 cm³/mol. The highest BCUT2D eigenvalue weighted by atomic mass is 15.0. The summed E-state index contributed by atoms with van der Waals surface area (Å²) in [6.45, 7) is 0.864. The van der Waals surface area contributed by atoms with Crippen LogP contribution in [0, 0.1) is 11.3 Å². The van der Waals surface area contributed by atoms with Crippen molar-refractivity contribution in [3.05, 3.63) is 54.2 Å². The van der Waals surface area contributed by atoms with Gasteiger partial charge in [-0.2, -0.15) is 5.26 Å². The molecule has 4 nitrogen and oxygen atoms in total. The lowest BCUT2D eigenvalue weighted by Crippen LogP contribution is -2.04. The number of aromatic nitrogens is 3. The summed E-state index contributed by atoms with van der Waals surface area (Å²) >= 11 is 0. The van der Waals surface area contributed by atoms with Crippen LogP contribution < -0.4 is 0 Å². The number of benzene rings is 1. The van der Waals surface area contributed by atoms with Crippen molar-refractivity contribution in [1.82, 2.24) is 14.1 Å². The van der Waals surface area contributed by atoms with Crippen LogP contribution in [0.3, 0.4) is 0 Å². The molecule has 3 aromatic rings. The van der Waals surface area contributed by atoms with Crippen LogP contribution in [0.15, 0.2) is 42.9 Å². The molecule has 0 fully saturated rings. The van der Waals surface area contributed by atoms with Gasteiger partial charge in [-0.15, -0.1) is 0 Å². The lowest BCUT2D eigenvalue weighted by atomic mass is 10.2. The van der Waals surface area contributed by atoms with E-state index in [1.54, 1.807) is 0 Å². The highest BCUT2D eigenvalue weighted by molar-refractivity contribution is 5.81. The summed E-state index contributed by atoms with van der Waals surface area (Å²) in [4.78, 5) is 4.33. The van der Waals surface area contributed by atoms with Gasteiger partial charge in [-0.05, 0) is 23.6 Å². The van der Waals surface area contributed by atoms with Crippen molar-refractivity contribution in [2.24, 2.45) is 7.05 Å². The summed E-state index contributed by atoms with van der Waals surface area (Å²) in [5.41, 5.74) is 1.80. The van der Waals surface area contributed by atoms with E-state index in [0.717, 1.165) is 24.3 Å². The number of fused-ring (bicyclic) bond motifs is 1. The van der Waals surface area contributed by atoms with E-state index in [-0.39, 0.29) is 0 Å². The Morgan fingerprint density at radius 2 is 2.16 bits per heavy atom. The van der Waals surface area contributed by atoms with E-state index in [4.69, 9.17) is 5.26 Å². The number of imidazole rings is 1. The number of hydrogen-bond acceptors (Lipinski definition) is 2. The first-order valence-corrected chi connectivity index (χ1v) is 6.23. The molecule has 4 heteroatoms. The standard InChI is InChI=1S/C15H14N4/c1-18-9-6-17-15(18)5-8-19-7-4-13-3-2-12(11-16)10-14(13)19/h2-4,6-7,9-10H,5,8H2,1H3. The van der Waals surface area contributed by atoms with E-state index in [1.165, 1.54) is 5.39 Å². The molecule has 0 aliphatic carbocycles. The molecule has 2 heterocycles. The third kappa shape index (κ3) is 2.11. The Hall–Kier alpha value is -2.54.